The molecular formula is C21H23FN2O3S. The molecule has 148 valence electrons. The summed E-state index contributed by atoms with van der Waals surface area (Å²) in [5, 5.41) is 0. The quantitative estimate of drug-likeness (QED) is 0.787. The third-order valence-electron chi connectivity index (χ3n) is 5.52. The topological polar surface area (TPSA) is 57.7 Å². The summed E-state index contributed by atoms with van der Waals surface area (Å²) in [6.07, 6.45) is 3.07. The molecule has 2 aromatic rings. The lowest BCUT2D eigenvalue weighted by atomic mass is 10.0. The number of carbonyl (C=O) groups excluding carboxylic acids is 1. The molecule has 1 amide bonds. The van der Waals surface area contributed by atoms with Crippen LogP contribution < -0.4 is 0 Å². The van der Waals surface area contributed by atoms with Crippen LogP contribution in [0.25, 0.3) is 0 Å². The summed E-state index contributed by atoms with van der Waals surface area (Å²) in [7, 11) is -3.79. The second-order valence-electron chi connectivity index (χ2n) is 7.38. The zero-order valence-corrected chi connectivity index (χ0v) is 16.4. The van der Waals surface area contributed by atoms with Crippen molar-refractivity contribution < 1.29 is 17.6 Å². The van der Waals surface area contributed by atoms with Gasteiger partial charge in [-0.25, -0.2) is 12.8 Å². The van der Waals surface area contributed by atoms with Gasteiger partial charge < -0.3 is 4.90 Å². The first kappa shape index (κ1) is 19.1. The van der Waals surface area contributed by atoms with Crippen molar-refractivity contribution in [3.63, 3.8) is 0 Å². The van der Waals surface area contributed by atoms with Crippen LogP contribution in [0.2, 0.25) is 0 Å². The highest BCUT2D eigenvalue weighted by molar-refractivity contribution is 7.89. The largest absolute Gasteiger partial charge is 0.343 e. The van der Waals surface area contributed by atoms with Crippen LogP contribution in [0.4, 0.5) is 4.39 Å². The summed E-state index contributed by atoms with van der Waals surface area (Å²) in [5.41, 5.74) is 1.20. The van der Waals surface area contributed by atoms with E-state index in [1.807, 2.05) is 30.3 Å². The molecule has 0 aliphatic carbocycles. The molecule has 0 N–H and O–H groups in total. The van der Waals surface area contributed by atoms with E-state index in [9.17, 15) is 17.6 Å². The van der Waals surface area contributed by atoms with E-state index < -0.39 is 21.9 Å². The van der Waals surface area contributed by atoms with Crippen LogP contribution in [0.3, 0.4) is 0 Å². The van der Waals surface area contributed by atoms with Gasteiger partial charge in [0, 0.05) is 26.1 Å². The minimum absolute atomic E-state index is 0.0303. The molecule has 2 heterocycles. The van der Waals surface area contributed by atoms with Gasteiger partial charge in [0.1, 0.15) is 5.82 Å². The number of halogens is 1. The van der Waals surface area contributed by atoms with Crippen molar-refractivity contribution in [3.8, 4) is 0 Å². The van der Waals surface area contributed by atoms with E-state index in [0.29, 0.717) is 18.7 Å². The van der Waals surface area contributed by atoms with Gasteiger partial charge in [-0.1, -0.05) is 30.3 Å². The summed E-state index contributed by atoms with van der Waals surface area (Å²) in [6.45, 7) is 1.55. The average Bonchev–Trinajstić information content (AvgIpc) is 2.90. The van der Waals surface area contributed by atoms with Gasteiger partial charge >= 0.3 is 0 Å². The number of benzene rings is 2. The van der Waals surface area contributed by atoms with E-state index in [4.69, 9.17) is 0 Å². The maximum atomic E-state index is 13.9. The molecule has 2 aliphatic heterocycles. The number of rotatable bonds is 4. The molecule has 1 saturated heterocycles. The fraction of sp³-hybridized carbons (Fsp3) is 0.381. The summed E-state index contributed by atoms with van der Waals surface area (Å²) < 4.78 is 41.6. The van der Waals surface area contributed by atoms with Gasteiger partial charge in [-0.3, -0.25) is 4.79 Å². The molecule has 7 heteroatoms. The molecule has 0 radical (unpaired) electrons. The molecular weight excluding hydrogens is 379 g/mol. The lowest BCUT2D eigenvalue weighted by Gasteiger charge is -2.30. The average molecular weight is 402 g/mol. The van der Waals surface area contributed by atoms with Crippen molar-refractivity contribution in [2.45, 2.75) is 43.2 Å². The maximum absolute atomic E-state index is 13.9. The van der Waals surface area contributed by atoms with E-state index >= 15 is 0 Å². The lowest BCUT2D eigenvalue weighted by molar-refractivity contribution is -0.133. The van der Waals surface area contributed by atoms with Crippen LogP contribution >= 0.6 is 0 Å². The number of fused-ring (bicyclic) bond motifs is 1. The van der Waals surface area contributed by atoms with Crippen LogP contribution in [0.1, 0.15) is 42.9 Å². The fourth-order valence-corrected chi connectivity index (χ4v) is 5.90. The summed E-state index contributed by atoms with van der Waals surface area (Å²) in [6, 6.07) is 12.3. The smallest absolute Gasteiger partial charge is 0.244 e. The number of hydrogen-bond donors (Lipinski definition) is 0. The standard InChI is InChI=1S/C21H23FN2O3S/c22-17-9-10-20-18(13-17)19(14-21(25)23-11-5-2-6-12-23)24(28(20,26)27)15-16-7-3-1-4-8-16/h1,3-4,7-10,13,19H,2,5-6,11-12,14-15H2. The number of amides is 1. The molecule has 0 bridgehead atoms. The van der Waals surface area contributed by atoms with Crippen LogP contribution in [0.15, 0.2) is 53.4 Å². The molecule has 1 atom stereocenters. The third-order valence-corrected chi connectivity index (χ3v) is 7.45. The Morgan fingerprint density at radius 2 is 1.75 bits per heavy atom. The Morgan fingerprint density at radius 1 is 1.04 bits per heavy atom. The van der Waals surface area contributed by atoms with Crippen LogP contribution in [-0.4, -0.2) is 36.6 Å². The SMILES string of the molecule is O=C(CC1c2cc(F)ccc2S(=O)(=O)N1Cc1ccccc1)N1CCCCC1. The third kappa shape index (κ3) is 3.56. The molecule has 2 aromatic carbocycles. The number of carbonyl (C=O) groups is 1. The highest BCUT2D eigenvalue weighted by Gasteiger charge is 2.44. The van der Waals surface area contributed by atoms with E-state index in [1.165, 1.54) is 16.4 Å². The van der Waals surface area contributed by atoms with Crippen molar-refractivity contribution in [1.29, 1.82) is 0 Å². The van der Waals surface area contributed by atoms with Gasteiger partial charge in [0.2, 0.25) is 15.9 Å². The Hall–Kier alpha value is -2.25. The number of nitrogens with zero attached hydrogens (tertiary/aromatic N) is 2. The fourth-order valence-electron chi connectivity index (χ4n) is 4.07. The van der Waals surface area contributed by atoms with Gasteiger partial charge in [-0.05, 0) is 48.6 Å². The van der Waals surface area contributed by atoms with Crippen LogP contribution in [0, 0.1) is 5.82 Å². The number of likely N-dealkylation sites (tertiary alicyclic amines) is 1. The normalized spacial score (nSPS) is 21.5. The molecule has 0 aromatic heterocycles. The van der Waals surface area contributed by atoms with Gasteiger partial charge in [0.15, 0.2) is 0 Å². The molecule has 1 unspecified atom stereocenters. The zero-order chi connectivity index (χ0) is 19.7. The van der Waals surface area contributed by atoms with Gasteiger partial charge in [0.05, 0.1) is 10.9 Å². The highest BCUT2D eigenvalue weighted by Crippen LogP contribution is 2.43. The highest BCUT2D eigenvalue weighted by atomic mass is 32.2. The summed E-state index contributed by atoms with van der Waals surface area (Å²) in [5.74, 6) is -0.569. The number of sulfonamides is 1. The Kier molecular flexibility index (Phi) is 5.21. The van der Waals surface area contributed by atoms with Gasteiger partial charge in [0.25, 0.3) is 0 Å². The molecule has 4 rings (SSSR count). The Morgan fingerprint density at radius 3 is 2.46 bits per heavy atom. The molecule has 5 nitrogen and oxygen atoms in total. The minimum atomic E-state index is -3.79. The Labute approximate surface area is 164 Å². The first-order valence-corrected chi connectivity index (χ1v) is 11.0. The first-order chi connectivity index (χ1) is 13.5. The second-order valence-corrected chi connectivity index (χ2v) is 9.24. The van der Waals surface area contributed by atoms with E-state index in [1.54, 1.807) is 4.90 Å². The molecule has 1 fully saturated rings. The van der Waals surface area contributed by atoms with Gasteiger partial charge in [-0.15, -0.1) is 0 Å². The molecule has 0 saturated carbocycles. The van der Waals surface area contributed by atoms with E-state index in [2.05, 4.69) is 0 Å². The van der Waals surface area contributed by atoms with Crippen molar-refractivity contribution in [3.05, 3.63) is 65.5 Å². The predicted molar refractivity (Wildman–Crippen MR) is 103 cm³/mol. The second kappa shape index (κ2) is 7.64. The van der Waals surface area contributed by atoms with Crippen molar-refractivity contribution in [1.82, 2.24) is 9.21 Å². The maximum Gasteiger partial charge on any atom is 0.244 e. The zero-order valence-electron chi connectivity index (χ0n) is 15.6. The molecule has 28 heavy (non-hydrogen) atoms. The van der Waals surface area contributed by atoms with Crippen LogP contribution in [0.5, 0.6) is 0 Å². The van der Waals surface area contributed by atoms with Crippen molar-refractivity contribution in [2.24, 2.45) is 0 Å². The first-order valence-electron chi connectivity index (χ1n) is 9.60. The summed E-state index contributed by atoms with van der Waals surface area (Å²) in [4.78, 5) is 14.8. The Balaban J connectivity index is 1.69. The van der Waals surface area contributed by atoms with Crippen molar-refractivity contribution >= 4 is 15.9 Å². The van der Waals surface area contributed by atoms with Gasteiger partial charge in [-0.2, -0.15) is 4.31 Å². The minimum Gasteiger partial charge on any atom is -0.343 e. The summed E-state index contributed by atoms with van der Waals surface area (Å²) >= 11 is 0. The van der Waals surface area contributed by atoms with Crippen molar-refractivity contribution in [2.75, 3.05) is 13.1 Å². The monoisotopic (exact) mass is 402 g/mol. The van der Waals surface area contributed by atoms with Crippen LogP contribution in [-0.2, 0) is 21.4 Å². The molecule has 0 spiro atoms. The lowest BCUT2D eigenvalue weighted by Crippen LogP contribution is -2.38. The van der Waals surface area contributed by atoms with E-state index in [-0.39, 0.29) is 23.8 Å². The number of hydrogen-bond acceptors (Lipinski definition) is 3. The van der Waals surface area contributed by atoms with E-state index in [0.717, 1.165) is 30.9 Å². The molecule has 2 aliphatic rings. The number of piperidine rings is 1. The predicted octanol–water partition coefficient (Wildman–Crippen LogP) is 3.47. The Bertz CT molecular complexity index is 972.